The zero-order valence-electron chi connectivity index (χ0n) is 17.8. The summed E-state index contributed by atoms with van der Waals surface area (Å²) in [5.41, 5.74) is 2.17. The second-order valence-corrected chi connectivity index (χ2v) is 6.16. The molecule has 0 fully saturated rings. The molecule has 160 valence electrons. The van der Waals surface area contributed by atoms with E-state index in [1.807, 2.05) is 38.2 Å². The fourth-order valence-corrected chi connectivity index (χ4v) is 2.82. The van der Waals surface area contributed by atoms with E-state index in [1.165, 1.54) is 5.56 Å². The number of rotatable bonds is 9. The predicted octanol–water partition coefficient (Wildman–Crippen LogP) is 3.37. The monoisotopic (exact) mass is 514 g/mol. The van der Waals surface area contributed by atoms with Gasteiger partial charge < -0.3 is 24.4 Å². The predicted molar refractivity (Wildman–Crippen MR) is 127 cm³/mol. The number of hydrogen-bond donors (Lipinski definition) is 1. The number of pyridine rings is 1. The molecule has 1 heterocycles. The Labute approximate surface area is 190 Å². The number of likely N-dealkylation sites (N-methyl/N-ethyl adjacent to an activating group) is 1. The van der Waals surface area contributed by atoms with Gasteiger partial charge in [-0.1, -0.05) is 12.1 Å². The highest BCUT2D eigenvalue weighted by atomic mass is 127. The van der Waals surface area contributed by atoms with Crippen molar-refractivity contribution in [1.82, 2.24) is 15.2 Å². The van der Waals surface area contributed by atoms with Crippen LogP contribution in [0, 0.1) is 0 Å². The molecular formula is C21H31IN4O3. The minimum Gasteiger partial charge on any atom is -0.493 e. The third-order valence-electron chi connectivity index (χ3n) is 4.33. The summed E-state index contributed by atoms with van der Waals surface area (Å²) < 4.78 is 16.3. The summed E-state index contributed by atoms with van der Waals surface area (Å²) >= 11 is 0. The summed E-state index contributed by atoms with van der Waals surface area (Å²) in [4.78, 5) is 10.8. The largest absolute Gasteiger partial charge is 0.493 e. The van der Waals surface area contributed by atoms with Gasteiger partial charge in [0.1, 0.15) is 0 Å². The Morgan fingerprint density at radius 3 is 2.59 bits per heavy atom. The van der Waals surface area contributed by atoms with Crippen molar-refractivity contribution in [3.05, 3.63) is 47.7 Å². The van der Waals surface area contributed by atoms with E-state index in [4.69, 9.17) is 14.2 Å². The van der Waals surface area contributed by atoms with Crippen LogP contribution < -0.4 is 19.5 Å². The number of methoxy groups -OCH3 is 2. The summed E-state index contributed by atoms with van der Waals surface area (Å²) in [6, 6.07) is 9.89. The standard InChI is InChI=1S/C21H30N4O3.HI/c1-6-28-20-17(8-7-12-23-20)15-24-21(22-2)25(3)13-11-16-9-10-18(26-4)19(14-16)27-5;/h7-10,12,14H,6,11,13,15H2,1-5H3,(H,22,24);1H. The molecule has 0 amide bonds. The summed E-state index contributed by atoms with van der Waals surface area (Å²) in [7, 11) is 7.08. The zero-order valence-corrected chi connectivity index (χ0v) is 20.1. The van der Waals surface area contributed by atoms with E-state index in [9.17, 15) is 0 Å². The normalized spacial score (nSPS) is 10.7. The van der Waals surface area contributed by atoms with Gasteiger partial charge in [-0.25, -0.2) is 4.98 Å². The van der Waals surface area contributed by atoms with Crippen molar-refractivity contribution in [2.75, 3.05) is 41.5 Å². The maximum atomic E-state index is 5.58. The van der Waals surface area contributed by atoms with E-state index in [0.29, 0.717) is 19.0 Å². The summed E-state index contributed by atoms with van der Waals surface area (Å²) in [6.07, 6.45) is 2.59. The van der Waals surface area contributed by atoms with Crippen LogP contribution in [0.1, 0.15) is 18.1 Å². The number of aromatic nitrogens is 1. The van der Waals surface area contributed by atoms with Crippen LogP contribution in [0.5, 0.6) is 17.4 Å². The van der Waals surface area contributed by atoms with E-state index in [2.05, 4.69) is 26.3 Å². The van der Waals surface area contributed by atoms with E-state index >= 15 is 0 Å². The van der Waals surface area contributed by atoms with Crippen molar-refractivity contribution in [2.45, 2.75) is 19.9 Å². The third kappa shape index (κ3) is 7.26. The molecule has 0 saturated carbocycles. The van der Waals surface area contributed by atoms with Crippen LogP contribution in [-0.4, -0.2) is 57.3 Å². The first-order valence-electron chi connectivity index (χ1n) is 9.32. The number of hydrogen-bond acceptors (Lipinski definition) is 5. The Morgan fingerprint density at radius 1 is 1.17 bits per heavy atom. The van der Waals surface area contributed by atoms with Crippen molar-refractivity contribution >= 4 is 29.9 Å². The first-order chi connectivity index (χ1) is 13.6. The average Bonchev–Trinajstić information content (AvgIpc) is 2.73. The Hall–Kier alpha value is -2.23. The molecule has 7 nitrogen and oxygen atoms in total. The number of halogens is 1. The third-order valence-corrected chi connectivity index (χ3v) is 4.33. The molecule has 2 aromatic rings. The molecule has 0 aliphatic heterocycles. The van der Waals surface area contributed by atoms with Crippen molar-refractivity contribution in [1.29, 1.82) is 0 Å². The van der Waals surface area contributed by atoms with Gasteiger partial charge in [0.2, 0.25) is 5.88 Å². The molecule has 1 N–H and O–H groups in total. The lowest BCUT2D eigenvalue weighted by atomic mass is 10.1. The number of benzene rings is 1. The van der Waals surface area contributed by atoms with Gasteiger partial charge in [-0.2, -0.15) is 0 Å². The number of nitrogens with one attached hydrogen (secondary N) is 1. The second-order valence-electron chi connectivity index (χ2n) is 6.16. The van der Waals surface area contributed by atoms with Crippen molar-refractivity contribution in [2.24, 2.45) is 4.99 Å². The highest BCUT2D eigenvalue weighted by Crippen LogP contribution is 2.27. The molecule has 0 spiro atoms. The molecule has 8 heteroatoms. The van der Waals surface area contributed by atoms with Crippen LogP contribution in [0.4, 0.5) is 0 Å². The summed E-state index contributed by atoms with van der Waals surface area (Å²) in [5.74, 6) is 2.94. The van der Waals surface area contributed by atoms with Gasteiger partial charge in [0.25, 0.3) is 0 Å². The molecule has 0 radical (unpaired) electrons. The maximum absolute atomic E-state index is 5.58. The highest BCUT2D eigenvalue weighted by molar-refractivity contribution is 14.0. The Morgan fingerprint density at radius 2 is 1.93 bits per heavy atom. The van der Waals surface area contributed by atoms with Crippen molar-refractivity contribution < 1.29 is 14.2 Å². The van der Waals surface area contributed by atoms with Gasteiger partial charge in [0.15, 0.2) is 17.5 Å². The molecule has 1 aromatic heterocycles. The topological polar surface area (TPSA) is 68.2 Å². The Kier molecular flexibility index (Phi) is 11.2. The first kappa shape index (κ1) is 24.8. The van der Waals surface area contributed by atoms with Crippen LogP contribution in [0.25, 0.3) is 0 Å². The number of aliphatic imine (C=N–C) groups is 1. The lowest BCUT2D eigenvalue weighted by Gasteiger charge is -2.22. The fraction of sp³-hybridized carbons (Fsp3) is 0.429. The SMILES string of the molecule is CCOc1ncccc1CNC(=NC)N(C)CCc1ccc(OC)c(OC)c1.I. The summed E-state index contributed by atoms with van der Waals surface area (Å²) in [5, 5.41) is 3.37. The smallest absolute Gasteiger partial charge is 0.218 e. The van der Waals surface area contributed by atoms with E-state index in [0.717, 1.165) is 36.0 Å². The van der Waals surface area contributed by atoms with Crippen molar-refractivity contribution in [3.8, 4) is 17.4 Å². The van der Waals surface area contributed by atoms with Gasteiger partial charge in [-0.15, -0.1) is 24.0 Å². The Bertz CT molecular complexity index is 786. The van der Waals surface area contributed by atoms with E-state index in [1.54, 1.807) is 27.5 Å². The molecule has 0 aliphatic rings. The molecular weight excluding hydrogens is 483 g/mol. The lowest BCUT2D eigenvalue weighted by molar-refractivity contribution is 0.322. The average molecular weight is 514 g/mol. The molecule has 1 aromatic carbocycles. The van der Waals surface area contributed by atoms with Crippen LogP contribution in [0.3, 0.4) is 0 Å². The highest BCUT2D eigenvalue weighted by Gasteiger charge is 2.10. The van der Waals surface area contributed by atoms with Crippen LogP contribution in [0.15, 0.2) is 41.5 Å². The van der Waals surface area contributed by atoms with Gasteiger partial charge in [-0.3, -0.25) is 4.99 Å². The molecule has 0 bridgehead atoms. The molecule has 0 saturated heterocycles. The minimum absolute atomic E-state index is 0. The molecule has 0 atom stereocenters. The molecule has 0 unspecified atom stereocenters. The number of guanidine groups is 1. The van der Waals surface area contributed by atoms with Crippen LogP contribution >= 0.6 is 24.0 Å². The van der Waals surface area contributed by atoms with Gasteiger partial charge in [0.05, 0.1) is 20.8 Å². The van der Waals surface area contributed by atoms with Gasteiger partial charge >= 0.3 is 0 Å². The minimum atomic E-state index is 0. The van der Waals surface area contributed by atoms with E-state index in [-0.39, 0.29) is 24.0 Å². The maximum Gasteiger partial charge on any atom is 0.218 e. The second kappa shape index (κ2) is 13.1. The van der Waals surface area contributed by atoms with Crippen LogP contribution in [0.2, 0.25) is 0 Å². The lowest BCUT2D eigenvalue weighted by Crippen LogP contribution is -2.39. The molecule has 2 rings (SSSR count). The van der Waals surface area contributed by atoms with Gasteiger partial charge in [-0.05, 0) is 37.1 Å². The zero-order chi connectivity index (χ0) is 20.4. The fourth-order valence-electron chi connectivity index (χ4n) is 2.82. The van der Waals surface area contributed by atoms with E-state index < -0.39 is 0 Å². The quantitative estimate of drug-likeness (QED) is 0.315. The number of ether oxygens (including phenoxy) is 3. The Balaban J connectivity index is 0.00000420. The molecule has 0 aliphatic carbocycles. The summed E-state index contributed by atoms with van der Waals surface area (Å²) in [6.45, 7) is 3.94. The molecule has 29 heavy (non-hydrogen) atoms. The van der Waals surface area contributed by atoms with Crippen molar-refractivity contribution in [3.63, 3.8) is 0 Å². The van der Waals surface area contributed by atoms with Crippen LogP contribution in [-0.2, 0) is 13.0 Å². The number of nitrogens with zero attached hydrogens (tertiary/aromatic N) is 3. The first-order valence-corrected chi connectivity index (χ1v) is 9.32. The van der Waals surface area contributed by atoms with Gasteiger partial charge in [0, 0.05) is 38.9 Å².